The number of benzene rings is 1. The van der Waals surface area contributed by atoms with Crippen LogP contribution in [0.15, 0.2) is 30.3 Å². The van der Waals surface area contributed by atoms with Gasteiger partial charge in [0.15, 0.2) is 0 Å². The molecule has 1 aromatic heterocycles. The van der Waals surface area contributed by atoms with Gasteiger partial charge >= 0.3 is 5.97 Å². The monoisotopic (exact) mass is 249 g/mol. The van der Waals surface area contributed by atoms with Gasteiger partial charge in [0.1, 0.15) is 5.15 Å². The molecule has 0 unspecified atom stereocenters. The van der Waals surface area contributed by atoms with E-state index in [2.05, 4.69) is 4.98 Å². The van der Waals surface area contributed by atoms with Crippen LogP contribution in [0.2, 0.25) is 5.15 Å². The molecule has 0 aliphatic rings. The van der Waals surface area contributed by atoms with E-state index in [1.165, 1.54) is 0 Å². The summed E-state index contributed by atoms with van der Waals surface area (Å²) in [6.45, 7) is 2.40. The van der Waals surface area contributed by atoms with Crippen molar-refractivity contribution in [1.29, 1.82) is 0 Å². The molecule has 0 aliphatic heterocycles. The topological polar surface area (TPSA) is 39.2 Å². The minimum Gasteiger partial charge on any atom is -0.462 e. The molecule has 3 nitrogen and oxygen atoms in total. The van der Waals surface area contributed by atoms with Gasteiger partial charge in [0.25, 0.3) is 0 Å². The molecule has 0 saturated heterocycles. The van der Waals surface area contributed by atoms with Crippen LogP contribution in [0.4, 0.5) is 0 Å². The standard InChI is InChI=1S/C13H12ClNO2/c1-2-7-17-13(16)10-3-5-11-9(8-10)4-6-12(14)15-11/h3-6,8H,2,7H2,1H3. The molecule has 0 fully saturated rings. The second kappa shape index (κ2) is 5.15. The summed E-state index contributed by atoms with van der Waals surface area (Å²) in [5, 5.41) is 1.32. The molecular weight excluding hydrogens is 238 g/mol. The molecule has 0 N–H and O–H groups in total. The minimum atomic E-state index is -0.302. The van der Waals surface area contributed by atoms with Crippen LogP contribution < -0.4 is 0 Å². The minimum absolute atomic E-state index is 0.302. The lowest BCUT2D eigenvalue weighted by molar-refractivity contribution is 0.0505. The van der Waals surface area contributed by atoms with Gasteiger partial charge in [0.2, 0.25) is 0 Å². The van der Waals surface area contributed by atoms with Gasteiger partial charge in [-0.2, -0.15) is 0 Å². The molecule has 0 bridgehead atoms. The fourth-order valence-corrected chi connectivity index (χ4v) is 1.66. The Morgan fingerprint density at radius 2 is 2.18 bits per heavy atom. The lowest BCUT2D eigenvalue weighted by Crippen LogP contribution is -2.05. The number of pyridine rings is 1. The van der Waals surface area contributed by atoms with E-state index in [1.807, 2.05) is 13.0 Å². The number of fused-ring (bicyclic) bond motifs is 1. The molecular formula is C13H12ClNO2. The summed E-state index contributed by atoms with van der Waals surface area (Å²) >= 11 is 5.79. The molecule has 88 valence electrons. The fraction of sp³-hybridized carbons (Fsp3) is 0.231. The van der Waals surface area contributed by atoms with Gasteiger partial charge in [-0.15, -0.1) is 0 Å². The molecule has 2 rings (SSSR count). The van der Waals surface area contributed by atoms with Gasteiger partial charge in [-0.05, 0) is 36.8 Å². The van der Waals surface area contributed by atoms with E-state index in [4.69, 9.17) is 16.3 Å². The molecule has 0 spiro atoms. The average Bonchev–Trinajstić information content (AvgIpc) is 2.35. The van der Waals surface area contributed by atoms with Gasteiger partial charge in [-0.3, -0.25) is 0 Å². The Balaban J connectivity index is 2.31. The first-order valence-electron chi connectivity index (χ1n) is 5.44. The predicted molar refractivity (Wildman–Crippen MR) is 67.3 cm³/mol. The highest BCUT2D eigenvalue weighted by molar-refractivity contribution is 6.29. The van der Waals surface area contributed by atoms with Crippen molar-refractivity contribution >= 4 is 28.5 Å². The summed E-state index contributed by atoms with van der Waals surface area (Å²) in [7, 11) is 0. The van der Waals surface area contributed by atoms with Crippen LogP contribution in [0.25, 0.3) is 10.9 Å². The Morgan fingerprint density at radius 1 is 1.35 bits per heavy atom. The van der Waals surface area contributed by atoms with Crippen LogP contribution in [0.1, 0.15) is 23.7 Å². The Kier molecular flexibility index (Phi) is 3.59. The van der Waals surface area contributed by atoms with E-state index in [1.54, 1.807) is 24.3 Å². The van der Waals surface area contributed by atoms with Crippen molar-refractivity contribution in [2.45, 2.75) is 13.3 Å². The molecule has 0 atom stereocenters. The maximum Gasteiger partial charge on any atom is 0.338 e. The first-order valence-corrected chi connectivity index (χ1v) is 5.82. The number of hydrogen-bond donors (Lipinski definition) is 0. The smallest absolute Gasteiger partial charge is 0.338 e. The van der Waals surface area contributed by atoms with Gasteiger partial charge < -0.3 is 4.74 Å². The van der Waals surface area contributed by atoms with Gasteiger partial charge in [-0.1, -0.05) is 18.5 Å². The van der Waals surface area contributed by atoms with Crippen molar-refractivity contribution in [2.75, 3.05) is 6.61 Å². The summed E-state index contributed by atoms with van der Waals surface area (Å²) in [6, 6.07) is 8.76. The first-order chi connectivity index (χ1) is 8.20. The third-order valence-electron chi connectivity index (χ3n) is 2.33. The van der Waals surface area contributed by atoms with E-state index in [0.717, 1.165) is 17.3 Å². The molecule has 17 heavy (non-hydrogen) atoms. The number of rotatable bonds is 3. The van der Waals surface area contributed by atoms with Gasteiger partial charge in [0, 0.05) is 5.39 Å². The Labute approximate surface area is 104 Å². The molecule has 1 heterocycles. The van der Waals surface area contributed by atoms with E-state index in [-0.39, 0.29) is 5.97 Å². The summed E-state index contributed by atoms with van der Waals surface area (Å²) in [5.41, 5.74) is 1.31. The van der Waals surface area contributed by atoms with Gasteiger partial charge in [0.05, 0.1) is 17.7 Å². The third-order valence-corrected chi connectivity index (χ3v) is 2.54. The highest BCUT2D eigenvalue weighted by atomic mass is 35.5. The van der Waals surface area contributed by atoms with Crippen molar-refractivity contribution in [2.24, 2.45) is 0 Å². The number of hydrogen-bond acceptors (Lipinski definition) is 3. The quantitative estimate of drug-likeness (QED) is 0.618. The number of nitrogens with zero attached hydrogens (tertiary/aromatic N) is 1. The second-order valence-corrected chi connectivity index (χ2v) is 4.06. The molecule has 4 heteroatoms. The maximum atomic E-state index is 11.6. The Morgan fingerprint density at radius 3 is 2.94 bits per heavy atom. The molecule has 2 aromatic rings. The van der Waals surface area contributed by atoms with E-state index in [0.29, 0.717) is 17.3 Å². The second-order valence-electron chi connectivity index (χ2n) is 3.68. The molecule has 0 radical (unpaired) electrons. The molecule has 0 amide bonds. The zero-order valence-electron chi connectivity index (χ0n) is 9.44. The Bertz CT molecular complexity index is 554. The third kappa shape index (κ3) is 2.74. The molecule has 1 aromatic carbocycles. The highest BCUT2D eigenvalue weighted by Gasteiger charge is 2.07. The zero-order valence-corrected chi connectivity index (χ0v) is 10.2. The van der Waals surface area contributed by atoms with Crippen molar-refractivity contribution in [3.8, 4) is 0 Å². The summed E-state index contributed by atoms with van der Waals surface area (Å²) in [4.78, 5) is 15.8. The molecule has 0 saturated carbocycles. The number of ether oxygens (including phenoxy) is 1. The number of carbonyl (C=O) groups is 1. The summed E-state index contributed by atoms with van der Waals surface area (Å²) in [5.74, 6) is -0.302. The maximum absolute atomic E-state index is 11.6. The number of carbonyl (C=O) groups excluding carboxylic acids is 1. The molecule has 0 aliphatic carbocycles. The van der Waals surface area contributed by atoms with Crippen molar-refractivity contribution in [3.05, 3.63) is 41.0 Å². The van der Waals surface area contributed by atoms with E-state index >= 15 is 0 Å². The van der Waals surface area contributed by atoms with E-state index < -0.39 is 0 Å². The van der Waals surface area contributed by atoms with Gasteiger partial charge in [-0.25, -0.2) is 9.78 Å². The van der Waals surface area contributed by atoms with Crippen LogP contribution in [-0.4, -0.2) is 17.6 Å². The normalized spacial score (nSPS) is 10.5. The predicted octanol–water partition coefficient (Wildman–Crippen LogP) is 3.46. The first kappa shape index (κ1) is 11.9. The van der Waals surface area contributed by atoms with Crippen LogP contribution in [0.3, 0.4) is 0 Å². The average molecular weight is 250 g/mol. The Hall–Kier alpha value is -1.61. The van der Waals surface area contributed by atoms with Crippen LogP contribution >= 0.6 is 11.6 Å². The van der Waals surface area contributed by atoms with Crippen LogP contribution in [0.5, 0.6) is 0 Å². The fourth-order valence-electron chi connectivity index (χ4n) is 1.51. The van der Waals surface area contributed by atoms with Crippen LogP contribution in [-0.2, 0) is 4.74 Å². The number of esters is 1. The van der Waals surface area contributed by atoms with Crippen molar-refractivity contribution in [1.82, 2.24) is 4.98 Å². The highest BCUT2D eigenvalue weighted by Crippen LogP contribution is 2.17. The number of aromatic nitrogens is 1. The van der Waals surface area contributed by atoms with Crippen molar-refractivity contribution in [3.63, 3.8) is 0 Å². The summed E-state index contributed by atoms with van der Waals surface area (Å²) < 4.78 is 5.06. The lowest BCUT2D eigenvalue weighted by atomic mass is 10.1. The van der Waals surface area contributed by atoms with Crippen LogP contribution in [0, 0.1) is 0 Å². The SMILES string of the molecule is CCCOC(=O)c1ccc2nc(Cl)ccc2c1. The largest absolute Gasteiger partial charge is 0.462 e. The summed E-state index contributed by atoms with van der Waals surface area (Å²) in [6.07, 6.45) is 0.816. The zero-order chi connectivity index (χ0) is 12.3. The van der Waals surface area contributed by atoms with E-state index in [9.17, 15) is 4.79 Å². The van der Waals surface area contributed by atoms with Crippen molar-refractivity contribution < 1.29 is 9.53 Å². The number of halogens is 1. The lowest BCUT2D eigenvalue weighted by Gasteiger charge is -2.04.